The van der Waals surface area contributed by atoms with Crippen molar-refractivity contribution in [2.45, 2.75) is 39.5 Å². The molecule has 0 saturated heterocycles. The molecular formula is C16H24FN. The fourth-order valence-corrected chi connectivity index (χ4v) is 3.93. The maximum atomic E-state index is 14.1. The fraction of sp³-hybridized carbons (Fsp3) is 0.625. The molecule has 1 aromatic carbocycles. The molecule has 1 nitrogen and oxygen atoms in total. The van der Waals surface area contributed by atoms with Crippen molar-refractivity contribution in [3.05, 3.63) is 35.6 Å². The van der Waals surface area contributed by atoms with E-state index in [0.717, 1.165) is 25.1 Å². The summed E-state index contributed by atoms with van der Waals surface area (Å²) in [5.41, 5.74) is 1.08. The van der Waals surface area contributed by atoms with E-state index < -0.39 is 0 Å². The molecule has 0 radical (unpaired) electrons. The quantitative estimate of drug-likeness (QED) is 0.838. The number of hydrogen-bond donors (Lipinski definition) is 1. The first-order valence-corrected chi connectivity index (χ1v) is 6.98. The SMILES string of the molecule is CCNCC1C(C)(C)C1(CC)c1ccccc1F. The smallest absolute Gasteiger partial charge is 0.126 e. The van der Waals surface area contributed by atoms with Crippen molar-refractivity contribution < 1.29 is 4.39 Å². The minimum atomic E-state index is -0.0496. The molecule has 0 heterocycles. The highest BCUT2D eigenvalue weighted by Gasteiger charge is 2.70. The first-order chi connectivity index (χ1) is 8.52. The molecule has 1 aliphatic carbocycles. The maximum Gasteiger partial charge on any atom is 0.126 e. The second kappa shape index (κ2) is 4.65. The van der Waals surface area contributed by atoms with Crippen LogP contribution in [-0.2, 0) is 5.41 Å². The lowest BCUT2D eigenvalue weighted by molar-refractivity contribution is 0.460. The van der Waals surface area contributed by atoms with Crippen molar-refractivity contribution in [1.82, 2.24) is 5.32 Å². The molecule has 1 saturated carbocycles. The molecule has 0 spiro atoms. The third-order valence-electron chi connectivity index (χ3n) is 5.04. The standard InChI is InChI=1S/C16H24FN/c1-5-16(12-9-7-8-10-13(12)17)14(11-18-6-2)15(16,3)4/h7-10,14,18H,5-6,11H2,1-4H3. The molecule has 0 amide bonds. The Labute approximate surface area is 110 Å². The van der Waals surface area contributed by atoms with Gasteiger partial charge in [0.25, 0.3) is 0 Å². The molecule has 1 N–H and O–H groups in total. The van der Waals surface area contributed by atoms with E-state index in [-0.39, 0.29) is 16.6 Å². The number of hydrogen-bond acceptors (Lipinski definition) is 1. The summed E-state index contributed by atoms with van der Waals surface area (Å²) in [6, 6.07) is 7.28. The van der Waals surface area contributed by atoms with Crippen LogP contribution in [0.1, 0.15) is 39.7 Å². The van der Waals surface area contributed by atoms with Crippen LogP contribution in [-0.4, -0.2) is 13.1 Å². The summed E-state index contributed by atoms with van der Waals surface area (Å²) in [6.45, 7) is 10.8. The van der Waals surface area contributed by atoms with Crippen molar-refractivity contribution >= 4 is 0 Å². The summed E-state index contributed by atoms with van der Waals surface area (Å²) >= 11 is 0. The summed E-state index contributed by atoms with van der Waals surface area (Å²) in [7, 11) is 0. The predicted octanol–water partition coefficient (Wildman–Crippen LogP) is 3.74. The first-order valence-electron chi connectivity index (χ1n) is 6.98. The Hall–Kier alpha value is -0.890. The van der Waals surface area contributed by atoms with Crippen LogP contribution in [0.3, 0.4) is 0 Å². The zero-order valence-corrected chi connectivity index (χ0v) is 11.9. The number of halogens is 1. The van der Waals surface area contributed by atoms with Gasteiger partial charge in [-0.2, -0.15) is 0 Å². The molecule has 1 aliphatic rings. The van der Waals surface area contributed by atoms with E-state index in [1.807, 2.05) is 12.1 Å². The van der Waals surface area contributed by atoms with E-state index in [1.165, 1.54) is 0 Å². The van der Waals surface area contributed by atoms with Gasteiger partial charge in [0.05, 0.1) is 0 Å². The molecule has 2 heteroatoms. The van der Waals surface area contributed by atoms with Gasteiger partial charge in [-0.1, -0.05) is 45.9 Å². The summed E-state index contributed by atoms with van der Waals surface area (Å²) in [4.78, 5) is 0. The van der Waals surface area contributed by atoms with Gasteiger partial charge in [-0.05, 0) is 42.5 Å². The lowest BCUT2D eigenvalue weighted by Gasteiger charge is -2.20. The molecular weight excluding hydrogens is 225 g/mol. The second-order valence-electron chi connectivity index (χ2n) is 5.89. The monoisotopic (exact) mass is 249 g/mol. The third kappa shape index (κ3) is 1.70. The Kier molecular flexibility index (Phi) is 3.50. The van der Waals surface area contributed by atoms with Crippen LogP contribution in [0.2, 0.25) is 0 Å². The largest absolute Gasteiger partial charge is 0.317 e. The third-order valence-corrected chi connectivity index (χ3v) is 5.04. The van der Waals surface area contributed by atoms with Crippen molar-refractivity contribution in [3.63, 3.8) is 0 Å². The summed E-state index contributed by atoms with van der Waals surface area (Å²) < 4.78 is 14.1. The molecule has 100 valence electrons. The van der Waals surface area contributed by atoms with Gasteiger partial charge in [0.1, 0.15) is 5.82 Å². The van der Waals surface area contributed by atoms with Gasteiger partial charge in [-0.25, -0.2) is 4.39 Å². The lowest BCUT2D eigenvalue weighted by Crippen LogP contribution is -2.21. The number of benzene rings is 1. The Morgan fingerprint density at radius 3 is 2.44 bits per heavy atom. The molecule has 0 aromatic heterocycles. The molecule has 1 aromatic rings. The highest BCUT2D eigenvalue weighted by Crippen LogP contribution is 2.71. The van der Waals surface area contributed by atoms with Crippen molar-refractivity contribution in [2.75, 3.05) is 13.1 Å². The zero-order valence-electron chi connectivity index (χ0n) is 11.9. The van der Waals surface area contributed by atoms with Crippen LogP contribution in [0.5, 0.6) is 0 Å². The second-order valence-corrected chi connectivity index (χ2v) is 5.89. The van der Waals surface area contributed by atoms with Crippen LogP contribution in [0.4, 0.5) is 4.39 Å². The van der Waals surface area contributed by atoms with Crippen molar-refractivity contribution in [2.24, 2.45) is 11.3 Å². The van der Waals surface area contributed by atoms with E-state index in [1.54, 1.807) is 12.1 Å². The van der Waals surface area contributed by atoms with Crippen molar-refractivity contribution in [3.8, 4) is 0 Å². The van der Waals surface area contributed by atoms with Gasteiger partial charge in [0, 0.05) is 5.41 Å². The predicted molar refractivity (Wildman–Crippen MR) is 74.2 cm³/mol. The topological polar surface area (TPSA) is 12.0 Å². The van der Waals surface area contributed by atoms with E-state index in [4.69, 9.17) is 0 Å². The average molecular weight is 249 g/mol. The minimum absolute atomic E-state index is 0.000509. The van der Waals surface area contributed by atoms with E-state index in [2.05, 4.69) is 33.0 Å². The van der Waals surface area contributed by atoms with Crippen LogP contribution in [0.25, 0.3) is 0 Å². The van der Waals surface area contributed by atoms with E-state index >= 15 is 0 Å². The summed E-state index contributed by atoms with van der Waals surface area (Å²) in [5.74, 6) is 0.471. The highest BCUT2D eigenvalue weighted by molar-refractivity contribution is 5.41. The minimum Gasteiger partial charge on any atom is -0.317 e. The van der Waals surface area contributed by atoms with E-state index in [9.17, 15) is 4.39 Å². The van der Waals surface area contributed by atoms with Gasteiger partial charge in [0.2, 0.25) is 0 Å². The lowest BCUT2D eigenvalue weighted by atomic mass is 9.85. The van der Waals surface area contributed by atoms with Crippen LogP contribution >= 0.6 is 0 Å². The first kappa shape index (κ1) is 13.5. The normalized spacial score (nSPS) is 29.3. The Bertz CT molecular complexity index is 427. The molecule has 1 fully saturated rings. The highest BCUT2D eigenvalue weighted by atomic mass is 19.1. The van der Waals surface area contributed by atoms with Crippen LogP contribution in [0.15, 0.2) is 24.3 Å². The molecule has 2 atom stereocenters. The Balaban J connectivity index is 2.36. The van der Waals surface area contributed by atoms with Crippen molar-refractivity contribution in [1.29, 1.82) is 0 Å². The van der Waals surface area contributed by atoms with Gasteiger partial charge < -0.3 is 5.32 Å². The summed E-state index contributed by atoms with van der Waals surface area (Å²) in [6.07, 6.45) is 0.997. The van der Waals surface area contributed by atoms with Gasteiger partial charge in [-0.15, -0.1) is 0 Å². The maximum absolute atomic E-state index is 14.1. The van der Waals surface area contributed by atoms with Gasteiger partial charge >= 0.3 is 0 Å². The van der Waals surface area contributed by atoms with Crippen LogP contribution in [0, 0.1) is 17.2 Å². The number of rotatable bonds is 5. The van der Waals surface area contributed by atoms with Crippen LogP contribution < -0.4 is 5.32 Å². The number of nitrogens with one attached hydrogen (secondary N) is 1. The van der Waals surface area contributed by atoms with Gasteiger partial charge in [-0.3, -0.25) is 0 Å². The molecule has 2 unspecified atom stereocenters. The molecule has 18 heavy (non-hydrogen) atoms. The van der Waals surface area contributed by atoms with E-state index in [0.29, 0.717) is 5.92 Å². The average Bonchev–Trinajstić information content (AvgIpc) is 2.83. The zero-order chi connectivity index (χ0) is 13.4. The molecule has 0 bridgehead atoms. The molecule has 0 aliphatic heterocycles. The Morgan fingerprint density at radius 2 is 1.89 bits per heavy atom. The Morgan fingerprint density at radius 1 is 1.22 bits per heavy atom. The fourth-order valence-electron chi connectivity index (χ4n) is 3.93. The molecule has 2 rings (SSSR count). The van der Waals surface area contributed by atoms with Gasteiger partial charge in [0.15, 0.2) is 0 Å². The summed E-state index contributed by atoms with van der Waals surface area (Å²) in [5, 5.41) is 3.42.